The standard InChI is InChI=1S/C51H40BrNO.C30H27N.C21H14BrIO/c1-49(2)37-18-10-7-14-31(37)33-24-22-29(26-40(33)49)53(30-23-25-34-32-15-8-11-19-38(32)50(3,4)41(34)27-30)44-21-13-17-36-46-43(52)28-42-45(48(46)54-47(36)44)35-16-9-12-20-39(35)51(42,5)6;1-29(2)25-11-7-5-9-21(25)23-15-13-19(17-27(23)29)31-20-14-16-24-22-10-6-8-12-26(22)30(3,4)28(24)18-20;1-21(2)13-8-4-3-6-11(13)17-14(21)10-15(22)18-12-7-5-9-16(23)19(12)24-20(17)18/h7-28H,1-6H3;5-18,31H,1-4H3;3-10H,1-2H3. The summed E-state index contributed by atoms with van der Waals surface area (Å²) in [7, 11) is 0. The number of fused-ring (bicyclic) bond motifs is 26. The van der Waals surface area contributed by atoms with Gasteiger partial charge >= 0.3 is 0 Å². The second kappa shape index (κ2) is 24.0. The summed E-state index contributed by atoms with van der Waals surface area (Å²) in [5.74, 6) is 0. The highest BCUT2D eigenvalue weighted by Crippen LogP contribution is 2.60. The van der Waals surface area contributed by atoms with Crippen LogP contribution in [0.2, 0.25) is 0 Å². The number of benzene rings is 14. The summed E-state index contributed by atoms with van der Waals surface area (Å²) >= 11 is 10.2. The number of nitrogens with zero attached hydrogens (tertiary/aromatic N) is 1. The van der Waals surface area contributed by atoms with Crippen molar-refractivity contribution in [2.24, 2.45) is 0 Å². The quantitative estimate of drug-likeness (QED) is 0.174. The van der Waals surface area contributed by atoms with E-state index in [-0.39, 0.29) is 32.5 Å². The number of para-hydroxylation sites is 2. The Kier molecular flexibility index (Phi) is 15.0. The molecule has 0 aliphatic heterocycles. The molecule has 532 valence electrons. The van der Waals surface area contributed by atoms with E-state index in [1.165, 1.54) is 144 Å². The van der Waals surface area contributed by atoms with Gasteiger partial charge in [0.25, 0.3) is 0 Å². The average molecular weight is 1650 g/mol. The van der Waals surface area contributed by atoms with Gasteiger partial charge in [0.2, 0.25) is 0 Å². The van der Waals surface area contributed by atoms with E-state index in [2.05, 4.69) is 415 Å². The molecule has 0 saturated carbocycles. The van der Waals surface area contributed by atoms with Crippen molar-refractivity contribution in [2.75, 3.05) is 10.2 Å². The predicted octanol–water partition coefficient (Wildman–Crippen LogP) is 30.0. The van der Waals surface area contributed by atoms with Gasteiger partial charge in [0, 0.05) is 96.9 Å². The van der Waals surface area contributed by atoms with Crippen LogP contribution >= 0.6 is 54.5 Å². The maximum Gasteiger partial charge on any atom is 0.159 e. The minimum atomic E-state index is -0.139. The van der Waals surface area contributed by atoms with E-state index in [9.17, 15) is 0 Å². The van der Waals surface area contributed by atoms with Crippen LogP contribution < -0.4 is 10.2 Å². The van der Waals surface area contributed by atoms with E-state index in [4.69, 9.17) is 8.83 Å². The van der Waals surface area contributed by atoms with Gasteiger partial charge in [-0.25, -0.2) is 0 Å². The summed E-state index contributed by atoms with van der Waals surface area (Å²) in [6.45, 7) is 28.0. The monoisotopic (exact) mass is 1650 g/mol. The van der Waals surface area contributed by atoms with E-state index in [1.54, 1.807) is 0 Å². The van der Waals surface area contributed by atoms with Gasteiger partial charge in [-0.15, -0.1) is 0 Å². The molecule has 2 heterocycles. The highest BCUT2D eigenvalue weighted by Gasteiger charge is 2.44. The molecule has 6 aliphatic rings. The topological polar surface area (TPSA) is 41.6 Å². The van der Waals surface area contributed by atoms with Crippen LogP contribution in [0.1, 0.15) is 150 Å². The van der Waals surface area contributed by atoms with Crippen molar-refractivity contribution < 1.29 is 8.83 Å². The molecule has 0 fully saturated rings. The lowest BCUT2D eigenvalue weighted by Crippen LogP contribution is -2.18. The van der Waals surface area contributed by atoms with Crippen molar-refractivity contribution in [1.82, 2.24) is 0 Å². The van der Waals surface area contributed by atoms with Gasteiger partial charge in [0.15, 0.2) is 5.58 Å². The molecule has 1 N–H and O–H groups in total. The summed E-state index contributed by atoms with van der Waals surface area (Å²) in [5.41, 5.74) is 41.1. The molecule has 0 bridgehead atoms. The molecule has 22 rings (SSSR count). The van der Waals surface area contributed by atoms with Crippen LogP contribution in [0.3, 0.4) is 0 Å². The van der Waals surface area contributed by atoms with Crippen LogP contribution in [0.4, 0.5) is 28.4 Å². The lowest BCUT2D eigenvalue weighted by Gasteiger charge is -2.29. The van der Waals surface area contributed by atoms with Gasteiger partial charge in [0.1, 0.15) is 16.7 Å². The molecular formula is C102H81Br2IN2O2. The molecular weight excluding hydrogens is 1570 g/mol. The van der Waals surface area contributed by atoms with Gasteiger partial charge in [-0.2, -0.15) is 0 Å². The number of anilines is 5. The third-order valence-corrected chi connectivity index (χ3v) is 27.9. The van der Waals surface area contributed by atoms with Crippen LogP contribution in [0.5, 0.6) is 0 Å². The molecule has 0 amide bonds. The minimum absolute atomic E-state index is 0.0190. The van der Waals surface area contributed by atoms with E-state index < -0.39 is 0 Å². The Hall–Kier alpha value is -10.0. The fourth-order valence-electron chi connectivity index (χ4n) is 20.1. The highest BCUT2D eigenvalue weighted by molar-refractivity contribution is 14.1. The lowest BCUT2D eigenvalue weighted by molar-refractivity contribution is 0.652. The maximum absolute atomic E-state index is 7.28. The van der Waals surface area contributed by atoms with Crippen molar-refractivity contribution in [1.29, 1.82) is 0 Å². The Balaban J connectivity index is 0.000000119. The summed E-state index contributed by atoms with van der Waals surface area (Å²) in [5, 5.41) is 8.27. The molecule has 7 heteroatoms. The largest absolute Gasteiger partial charge is 0.454 e. The molecule has 14 aromatic carbocycles. The normalized spacial score (nSPS) is 15.9. The number of halogens is 3. The zero-order chi connectivity index (χ0) is 74.9. The fourth-order valence-corrected chi connectivity index (χ4v) is 22.0. The van der Waals surface area contributed by atoms with E-state index in [0.717, 1.165) is 74.1 Å². The molecule has 4 nitrogen and oxygen atoms in total. The summed E-state index contributed by atoms with van der Waals surface area (Å²) in [6, 6.07) is 98.3. The number of rotatable bonds is 5. The molecule has 0 atom stereocenters. The first-order valence-corrected chi connectivity index (χ1v) is 40.8. The zero-order valence-electron chi connectivity index (χ0n) is 63.3. The Morgan fingerprint density at radius 2 is 0.578 bits per heavy atom. The number of furan rings is 2. The van der Waals surface area contributed by atoms with Crippen LogP contribution in [0, 0.1) is 3.57 Å². The third-order valence-electron chi connectivity index (χ3n) is 25.8. The van der Waals surface area contributed by atoms with Crippen molar-refractivity contribution >= 4 is 127 Å². The first kappa shape index (κ1) is 68.3. The first-order chi connectivity index (χ1) is 52.3. The smallest absolute Gasteiger partial charge is 0.159 e. The second-order valence-corrected chi connectivity index (χ2v) is 36.8. The first-order valence-electron chi connectivity index (χ1n) is 38.1. The number of hydrogen-bond donors (Lipinski definition) is 1. The molecule has 0 radical (unpaired) electrons. The van der Waals surface area contributed by atoms with Crippen LogP contribution in [0.25, 0.3) is 111 Å². The molecule has 109 heavy (non-hydrogen) atoms. The average Bonchev–Trinajstić information content (AvgIpc) is 1.53. The van der Waals surface area contributed by atoms with Crippen LogP contribution in [-0.4, -0.2) is 0 Å². The fraction of sp³-hybridized carbons (Fsp3) is 0.176. The lowest BCUT2D eigenvalue weighted by atomic mass is 9.82. The summed E-state index contributed by atoms with van der Waals surface area (Å²) in [4.78, 5) is 2.44. The van der Waals surface area contributed by atoms with Crippen LogP contribution in [0.15, 0.2) is 285 Å². The van der Waals surface area contributed by atoms with Gasteiger partial charge in [0.05, 0.1) is 9.26 Å². The van der Waals surface area contributed by atoms with Crippen molar-refractivity contribution in [3.05, 3.63) is 346 Å². The zero-order valence-corrected chi connectivity index (χ0v) is 68.6. The number of nitrogens with one attached hydrogen (secondary N) is 1. The van der Waals surface area contributed by atoms with Gasteiger partial charge in [-0.05, 0) is 218 Å². The Morgan fingerprint density at radius 3 is 0.972 bits per heavy atom. The van der Waals surface area contributed by atoms with Gasteiger partial charge in [-0.3, -0.25) is 0 Å². The van der Waals surface area contributed by atoms with Crippen molar-refractivity contribution in [3.63, 3.8) is 0 Å². The summed E-state index contributed by atoms with van der Waals surface area (Å²) in [6.07, 6.45) is 0. The second-order valence-electron chi connectivity index (χ2n) is 33.9. The molecule has 16 aromatic rings. The molecule has 0 unspecified atom stereocenters. The van der Waals surface area contributed by atoms with E-state index in [1.807, 2.05) is 0 Å². The number of hydrogen-bond acceptors (Lipinski definition) is 4. The Bertz CT molecular complexity index is 6440. The SMILES string of the molecule is CC1(C)c2ccccc2-c2c1cc(Br)c1c2oc2c(I)cccc21.CC1(C)c2ccccc2-c2ccc(N(c3ccc4c(c3)C(C)(C)c3ccccc3-4)c3cccc4c3oc3c5c(cc(Br)c34)C(C)(C)c3ccccc3-5)cc21.CC1(C)c2ccccc2-c2ccc(Nc3ccc4c(c3)C(C)(C)c3ccccc3-4)cc21. The third kappa shape index (κ3) is 9.77. The van der Waals surface area contributed by atoms with Gasteiger partial charge in [-0.1, -0.05) is 309 Å². The Morgan fingerprint density at radius 1 is 0.275 bits per heavy atom. The minimum Gasteiger partial charge on any atom is -0.454 e. The van der Waals surface area contributed by atoms with Crippen molar-refractivity contribution in [3.8, 4) is 66.8 Å². The molecule has 2 aromatic heterocycles. The molecule has 0 saturated heterocycles. The van der Waals surface area contributed by atoms with E-state index in [0.29, 0.717) is 0 Å². The molecule has 6 aliphatic carbocycles. The molecule has 0 spiro atoms. The predicted molar refractivity (Wildman–Crippen MR) is 472 cm³/mol. The summed E-state index contributed by atoms with van der Waals surface area (Å²) < 4.78 is 17.0. The maximum atomic E-state index is 7.28. The Labute approximate surface area is 668 Å². The van der Waals surface area contributed by atoms with Crippen molar-refractivity contribution in [2.45, 2.75) is 116 Å². The van der Waals surface area contributed by atoms with Gasteiger partial charge < -0.3 is 19.1 Å². The highest BCUT2D eigenvalue weighted by atomic mass is 127. The van der Waals surface area contributed by atoms with E-state index >= 15 is 0 Å². The van der Waals surface area contributed by atoms with Crippen LogP contribution in [-0.2, 0) is 32.5 Å².